The number of hydrogen-bond donors (Lipinski definition) is 0. The van der Waals surface area contributed by atoms with Gasteiger partial charge < -0.3 is 9.64 Å². The third kappa shape index (κ3) is 3.72. The molecule has 1 spiro atoms. The number of nitrogens with zero attached hydrogens (tertiary/aromatic N) is 2. The monoisotopic (exact) mass is 312 g/mol. The van der Waals surface area contributed by atoms with Crippen LogP contribution in [0.25, 0.3) is 0 Å². The Morgan fingerprint density at radius 1 is 1.27 bits per heavy atom. The van der Waals surface area contributed by atoms with E-state index in [1.807, 2.05) is 20.8 Å². The summed E-state index contributed by atoms with van der Waals surface area (Å²) in [5, 5.41) is 1.31. The van der Waals surface area contributed by atoms with Gasteiger partial charge in [-0.05, 0) is 51.9 Å². The standard InChI is InChI=1S/C16H28N2O4/c1-15(2,3)22-14(20)18-9-8-16(11-18)7-6-12(10-16)13(19)17(4)21-5/h12H,6-11H2,1-5H3. The Hall–Kier alpha value is -1.30. The van der Waals surface area contributed by atoms with Crippen LogP contribution in [0.4, 0.5) is 4.79 Å². The van der Waals surface area contributed by atoms with Gasteiger partial charge in [0.1, 0.15) is 5.60 Å². The maximum absolute atomic E-state index is 12.2. The first-order chi connectivity index (χ1) is 10.2. The fourth-order valence-electron chi connectivity index (χ4n) is 3.55. The van der Waals surface area contributed by atoms with E-state index < -0.39 is 5.60 Å². The van der Waals surface area contributed by atoms with Crippen LogP contribution in [0.15, 0.2) is 0 Å². The van der Waals surface area contributed by atoms with Crippen molar-refractivity contribution in [2.75, 3.05) is 27.2 Å². The number of carbonyl (C=O) groups is 2. The summed E-state index contributed by atoms with van der Waals surface area (Å²) in [6, 6.07) is 0. The lowest BCUT2D eigenvalue weighted by Crippen LogP contribution is -2.37. The fourth-order valence-corrected chi connectivity index (χ4v) is 3.55. The summed E-state index contributed by atoms with van der Waals surface area (Å²) in [5.41, 5.74) is -0.395. The van der Waals surface area contributed by atoms with Crippen LogP contribution >= 0.6 is 0 Å². The maximum Gasteiger partial charge on any atom is 0.410 e. The quantitative estimate of drug-likeness (QED) is 0.735. The predicted octanol–water partition coefficient (Wildman–Crippen LogP) is 2.43. The minimum atomic E-state index is -0.470. The highest BCUT2D eigenvalue weighted by molar-refractivity contribution is 5.78. The summed E-state index contributed by atoms with van der Waals surface area (Å²) in [6.07, 6.45) is 3.40. The van der Waals surface area contributed by atoms with Crippen molar-refractivity contribution >= 4 is 12.0 Å². The average Bonchev–Trinajstić information content (AvgIpc) is 3.03. The highest BCUT2D eigenvalue weighted by Gasteiger charge is 2.48. The first kappa shape index (κ1) is 17.1. The van der Waals surface area contributed by atoms with Gasteiger partial charge in [0.05, 0.1) is 7.11 Å². The van der Waals surface area contributed by atoms with Crippen LogP contribution in [-0.2, 0) is 14.4 Å². The van der Waals surface area contributed by atoms with E-state index in [2.05, 4.69) is 0 Å². The molecular weight excluding hydrogens is 284 g/mol. The number of likely N-dealkylation sites (tertiary alicyclic amines) is 1. The van der Waals surface area contributed by atoms with Crippen molar-refractivity contribution in [1.29, 1.82) is 0 Å². The van der Waals surface area contributed by atoms with Gasteiger partial charge in [-0.1, -0.05) is 0 Å². The van der Waals surface area contributed by atoms with Gasteiger partial charge in [-0.25, -0.2) is 9.86 Å². The minimum absolute atomic E-state index is 0.00327. The zero-order chi connectivity index (χ0) is 16.5. The molecule has 1 heterocycles. The van der Waals surface area contributed by atoms with Gasteiger partial charge in [0.25, 0.3) is 0 Å². The second-order valence-corrected chi connectivity index (χ2v) is 7.61. The molecule has 1 saturated heterocycles. The molecule has 22 heavy (non-hydrogen) atoms. The number of amides is 2. The van der Waals surface area contributed by atoms with Crippen molar-refractivity contribution in [2.45, 2.75) is 52.1 Å². The van der Waals surface area contributed by atoms with Gasteiger partial charge >= 0.3 is 6.09 Å². The number of ether oxygens (including phenoxy) is 1. The lowest BCUT2D eigenvalue weighted by molar-refractivity contribution is -0.173. The van der Waals surface area contributed by atoms with Crippen LogP contribution in [0.5, 0.6) is 0 Å². The predicted molar refractivity (Wildman–Crippen MR) is 82.0 cm³/mol. The molecule has 2 unspecified atom stereocenters. The molecule has 1 aliphatic heterocycles. The van der Waals surface area contributed by atoms with Crippen molar-refractivity contribution in [3.63, 3.8) is 0 Å². The van der Waals surface area contributed by atoms with E-state index in [0.29, 0.717) is 6.54 Å². The van der Waals surface area contributed by atoms with E-state index in [1.165, 1.54) is 12.2 Å². The molecule has 0 aromatic rings. The summed E-state index contributed by atoms with van der Waals surface area (Å²) in [4.78, 5) is 31.2. The van der Waals surface area contributed by atoms with Crippen molar-refractivity contribution in [3.05, 3.63) is 0 Å². The normalized spacial score (nSPS) is 28.2. The lowest BCUT2D eigenvalue weighted by Gasteiger charge is -2.27. The summed E-state index contributed by atoms with van der Waals surface area (Å²) in [5.74, 6) is 0.0404. The molecular formula is C16H28N2O4. The topological polar surface area (TPSA) is 59.1 Å². The van der Waals surface area contributed by atoms with E-state index in [9.17, 15) is 9.59 Å². The van der Waals surface area contributed by atoms with Crippen LogP contribution < -0.4 is 0 Å². The van der Waals surface area contributed by atoms with E-state index in [-0.39, 0.29) is 23.3 Å². The molecule has 0 aromatic heterocycles. The Labute approximate surface area is 132 Å². The lowest BCUT2D eigenvalue weighted by atomic mass is 9.84. The Balaban J connectivity index is 1.93. The highest BCUT2D eigenvalue weighted by Crippen LogP contribution is 2.48. The molecule has 2 amide bonds. The maximum atomic E-state index is 12.2. The van der Waals surface area contributed by atoms with E-state index in [1.54, 1.807) is 11.9 Å². The summed E-state index contributed by atoms with van der Waals surface area (Å²) >= 11 is 0. The van der Waals surface area contributed by atoms with Gasteiger partial charge in [-0.3, -0.25) is 9.63 Å². The minimum Gasteiger partial charge on any atom is -0.444 e. The Morgan fingerprint density at radius 2 is 1.95 bits per heavy atom. The van der Waals surface area contributed by atoms with E-state index in [0.717, 1.165) is 32.2 Å². The summed E-state index contributed by atoms with van der Waals surface area (Å²) < 4.78 is 5.45. The second-order valence-electron chi connectivity index (χ2n) is 7.61. The van der Waals surface area contributed by atoms with Crippen LogP contribution in [0, 0.1) is 11.3 Å². The largest absolute Gasteiger partial charge is 0.444 e. The molecule has 0 N–H and O–H groups in total. The Bertz CT molecular complexity index is 446. The molecule has 6 nitrogen and oxygen atoms in total. The summed E-state index contributed by atoms with van der Waals surface area (Å²) in [6.45, 7) is 7.04. The van der Waals surface area contributed by atoms with Crippen LogP contribution in [0.1, 0.15) is 46.5 Å². The molecule has 0 aromatic carbocycles. The third-order valence-corrected chi connectivity index (χ3v) is 4.73. The van der Waals surface area contributed by atoms with E-state index >= 15 is 0 Å². The molecule has 2 rings (SSSR count). The van der Waals surface area contributed by atoms with Crippen molar-refractivity contribution < 1.29 is 19.2 Å². The SMILES string of the molecule is CON(C)C(=O)C1CCC2(CCN(C(=O)OC(C)(C)C)C2)C1. The van der Waals surface area contributed by atoms with Crippen molar-refractivity contribution in [2.24, 2.45) is 11.3 Å². The fraction of sp³-hybridized carbons (Fsp3) is 0.875. The molecule has 0 radical (unpaired) electrons. The molecule has 2 aliphatic rings. The first-order valence-corrected chi connectivity index (χ1v) is 7.95. The number of carbonyl (C=O) groups excluding carboxylic acids is 2. The summed E-state index contributed by atoms with van der Waals surface area (Å²) in [7, 11) is 3.15. The Morgan fingerprint density at radius 3 is 2.55 bits per heavy atom. The van der Waals surface area contributed by atoms with Crippen LogP contribution in [-0.4, -0.2) is 54.8 Å². The second kappa shape index (κ2) is 6.07. The van der Waals surface area contributed by atoms with Crippen molar-refractivity contribution in [3.8, 4) is 0 Å². The molecule has 1 saturated carbocycles. The Kier molecular flexibility index (Phi) is 4.70. The smallest absolute Gasteiger partial charge is 0.410 e. The molecule has 126 valence electrons. The number of rotatable bonds is 2. The molecule has 1 aliphatic carbocycles. The number of hydrogen-bond acceptors (Lipinski definition) is 4. The zero-order valence-corrected chi connectivity index (χ0v) is 14.3. The molecule has 2 atom stereocenters. The van der Waals surface area contributed by atoms with Gasteiger partial charge in [0.15, 0.2) is 0 Å². The molecule has 6 heteroatoms. The van der Waals surface area contributed by atoms with Gasteiger partial charge in [0.2, 0.25) is 5.91 Å². The molecule has 2 fully saturated rings. The molecule has 0 bridgehead atoms. The van der Waals surface area contributed by atoms with Crippen LogP contribution in [0.3, 0.4) is 0 Å². The third-order valence-electron chi connectivity index (χ3n) is 4.73. The zero-order valence-electron chi connectivity index (χ0n) is 14.3. The average molecular weight is 312 g/mol. The highest BCUT2D eigenvalue weighted by atomic mass is 16.7. The van der Waals surface area contributed by atoms with Crippen LogP contribution in [0.2, 0.25) is 0 Å². The first-order valence-electron chi connectivity index (χ1n) is 7.95. The number of hydroxylamine groups is 2. The van der Waals surface area contributed by atoms with Gasteiger partial charge in [-0.15, -0.1) is 0 Å². The van der Waals surface area contributed by atoms with Crippen molar-refractivity contribution in [1.82, 2.24) is 9.96 Å². The van der Waals surface area contributed by atoms with Gasteiger partial charge in [0, 0.05) is 26.1 Å². The van der Waals surface area contributed by atoms with Gasteiger partial charge in [-0.2, -0.15) is 0 Å². The van der Waals surface area contributed by atoms with E-state index in [4.69, 9.17) is 9.57 Å².